The summed E-state index contributed by atoms with van der Waals surface area (Å²) in [5.74, 6) is -0.0267. The van der Waals surface area contributed by atoms with E-state index in [9.17, 15) is 4.79 Å². The monoisotopic (exact) mass is 245 g/mol. The lowest BCUT2D eigenvalue weighted by atomic mass is 10.1. The third-order valence-electron chi connectivity index (χ3n) is 3.27. The van der Waals surface area contributed by atoms with Crippen LogP contribution < -0.4 is 5.32 Å². The lowest BCUT2D eigenvalue weighted by Crippen LogP contribution is -2.38. The van der Waals surface area contributed by atoms with Gasteiger partial charge in [0.05, 0.1) is 5.56 Å². The number of nitrogens with one attached hydrogen (secondary N) is 2. The standard InChI is InChI=1S/C14H19N3O/c1-10(17(2)3)8-16-14(18)12-9-15-13-7-5-4-6-11(12)13/h4-7,9-10,15H,8H2,1-3H3,(H,16,18). The van der Waals surface area contributed by atoms with E-state index in [1.807, 2.05) is 38.4 Å². The number of carbonyl (C=O) groups excluding carboxylic acids is 1. The molecule has 1 heterocycles. The normalized spacial score (nSPS) is 12.9. The molecule has 4 heteroatoms. The molecular weight excluding hydrogens is 226 g/mol. The first kappa shape index (κ1) is 12.6. The van der Waals surface area contributed by atoms with E-state index in [0.717, 1.165) is 10.9 Å². The molecule has 18 heavy (non-hydrogen) atoms. The zero-order valence-electron chi connectivity index (χ0n) is 11.0. The van der Waals surface area contributed by atoms with E-state index in [2.05, 4.69) is 22.1 Å². The molecule has 2 N–H and O–H groups in total. The average Bonchev–Trinajstić information content (AvgIpc) is 2.79. The molecule has 1 aromatic heterocycles. The number of hydrogen-bond donors (Lipinski definition) is 2. The van der Waals surface area contributed by atoms with Crippen molar-refractivity contribution in [2.24, 2.45) is 0 Å². The molecule has 0 aliphatic carbocycles. The minimum Gasteiger partial charge on any atom is -0.360 e. The van der Waals surface area contributed by atoms with E-state index < -0.39 is 0 Å². The quantitative estimate of drug-likeness (QED) is 0.863. The molecule has 2 rings (SSSR count). The van der Waals surface area contributed by atoms with Gasteiger partial charge in [-0.15, -0.1) is 0 Å². The first-order valence-electron chi connectivity index (χ1n) is 6.10. The van der Waals surface area contributed by atoms with Crippen LogP contribution in [0.3, 0.4) is 0 Å². The minimum absolute atomic E-state index is 0.0267. The molecule has 1 aromatic carbocycles. The van der Waals surface area contributed by atoms with Crippen LogP contribution in [0, 0.1) is 0 Å². The van der Waals surface area contributed by atoms with Crippen molar-refractivity contribution in [2.45, 2.75) is 13.0 Å². The molecule has 96 valence electrons. The SMILES string of the molecule is CC(CNC(=O)c1c[nH]c2ccccc12)N(C)C. The molecular formula is C14H19N3O. The van der Waals surface area contributed by atoms with E-state index in [1.54, 1.807) is 6.20 Å². The van der Waals surface area contributed by atoms with Crippen LogP contribution in [0.2, 0.25) is 0 Å². The first-order chi connectivity index (χ1) is 8.59. The van der Waals surface area contributed by atoms with Gasteiger partial charge in [0, 0.05) is 29.7 Å². The van der Waals surface area contributed by atoms with Crippen LogP contribution in [0.15, 0.2) is 30.5 Å². The van der Waals surface area contributed by atoms with E-state index >= 15 is 0 Å². The van der Waals surface area contributed by atoms with Crippen LogP contribution in [0.4, 0.5) is 0 Å². The van der Waals surface area contributed by atoms with Gasteiger partial charge in [-0.3, -0.25) is 4.79 Å². The molecule has 2 aromatic rings. The Hall–Kier alpha value is -1.81. The number of fused-ring (bicyclic) bond motifs is 1. The molecule has 0 fully saturated rings. The number of benzene rings is 1. The summed E-state index contributed by atoms with van der Waals surface area (Å²) in [6.07, 6.45) is 1.76. The summed E-state index contributed by atoms with van der Waals surface area (Å²) < 4.78 is 0. The Morgan fingerprint density at radius 2 is 2.11 bits per heavy atom. The second-order valence-corrected chi connectivity index (χ2v) is 4.77. The van der Waals surface area contributed by atoms with Crippen LogP contribution >= 0.6 is 0 Å². The Kier molecular flexibility index (Phi) is 3.67. The largest absolute Gasteiger partial charge is 0.360 e. The maximum Gasteiger partial charge on any atom is 0.253 e. The van der Waals surface area contributed by atoms with Crippen LogP contribution in [-0.2, 0) is 0 Å². The third kappa shape index (κ3) is 2.54. The van der Waals surface area contributed by atoms with Gasteiger partial charge < -0.3 is 15.2 Å². The van der Waals surface area contributed by atoms with Crippen molar-refractivity contribution >= 4 is 16.8 Å². The number of aromatic amines is 1. The summed E-state index contributed by atoms with van der Waals surface area (Å²) in [6.45, 7) is 2.72. The molecule has 4 nitrogen and oxygen atoms in total. The van der Waals surface area contributed by atoms with Gasteiger partial charge >= 0.3 is 0 Å². The number of nitrogens with zero attached hydrogens (tertiary/aromatic N) is 1. The number of likely N-dealkylation sites (N-methyl/N-ethyl adjacent to an activating group) is 1. The van der Waals surface area contributed by atoms with Crippen molar-refractivity contribution in [3.63, 3.8) is 0 Å². The highest BCUT2D eigenvalue weighted by atomic mass is 16.1. The van der Waals surface area contributed by atoms with Crippen LogP contribution in [-0.4, -0.2) is 42.5 Å². The number of para-hydroxylation sites is 1. The molecule has 0 saturated heterocycles. The summed E-state index contributed by atoms with van der Waals surface area (Å²) in [5, 5.41) is 3.92. The Morgan fingerprint density at radius 3 is 2.83 bits per heavy atom. The number of carbonyl (C=O) groups is 1. The lowest BCUT2D eigenvalue weighted by molar-refractivity contribution is 0.0945. The van der Waals surface area contributed by atoms with Crippen molar-refractivity contribution in [3.05, 3.63) is 36.0 Å². The number of rotatable bonds is 4. The first-order valence-corrected chi connectivity index (χ1v) is 6.10. The molecule has 0 bridgehead atoms. The van der Waals surface area contributed by atoms with Gasteiger partial charge in [-0.05, 0) is 27.1 Å². The number of hydrogen-bond acceptors (Lipinski definition) is 2. The molecule has 0 saturated carbocycles. The zero-order valence-corrected chi connectivity index (χ0v) is 11.0. The maximum absolute atomic E-state index is 12.1. The number of aromatic nitrogens is 1. The zero-order chi connectivity index (χ0) is 13.1. The summed E-state index contributed by atoms with van der Waals surface area (Å²) in [5.41, 5.74) is 1.69. The Bertz CT molecular complexity index is 545. The lowest BCUT2D eigenvalue weighted by Gasteiger charge is -2.19. The van der Waals surface area contributed by atoms with Gasteiger partial charge in [0.25, 0.3) is 5.91 Å². The third-order valence-corrected chi connectivity index (χ3v) is 3.27. The molecule has 0 spiro atoms. The Morgan fingerprint density at radius 1 is 1.39 bits per heavy atom. The molecule has 1 amide bonds. The summed E-state index contributed by atoms with van der Waals surface area (Å²) in [7, 11) is 4.00. The van der Waals surface area contributed by atoms with Gasteiger partial charge in [-0.25, -0.2) is 0 Å². The van der Waals surface area contributed by atoms with Crippen LogP contribution in [0.1, 0.15) is 17.3 Å². The van der Waals surface area contributed by atoms with Gasteiger partial charge in [0.15, 0.2) is 0 Å². The second kappa shape index (κ2) is 5.23. The Labute approximate surface area is 107 Å². The van der Waals surface area contributed by atoms with Crippen molar-refractivity contribution in [2.75, 3.05) is 20.6 Å². The van der Waals surface area contributed by atoms with E-state index in [4.69, 9.17) is 0 Å². The van der Waals surface area contributed by atoms with Gasteiger partial charge in [-0.1, -0.05) is 18.2 Å². The smallest absolute Gasteiger partial charge is 0.253 e. The topological polar surface area (TPSA) is 48.1 Å². The fraction of sp³-hybridized carbons (Fsp3) is 0.357. The predicted octanol–water partition coefficient (Wildman–Crippen LogP) is 1.85. The number of amides is 1. The van der Waals surface area contributed by atoms with Crippen molar-refractivity contribution in [3.8, 4) is 0 Å². The van der Waals surface area contributed by atoms with E-state index in [0.29, 0.717) is 18.2 Å². The predicted molar refractivity (Wildman–Crippen MR) is 73.8 cm³/mol. The Balaban J connectivity index is 2.10. The van der Waals surface area contributed by atoms with E-state index in [1.165, 1.54) is 0 Å². The van der Waals surface area contributed by atoms with Crippen molar-refractivity contribution < 1.29 is 4.79 Å². The molecule has 0 radical (unpaired) electrons. The van der Waals surface area contributed by atoms with Crippen LogP contribution in [0.5, 0.6) is 0 Å². The van der Waals surface area contributed by atoms with E-state index in [-0.39, 0.29) is 5.91 Å². The maximum atomic E-state index is 12.1. The van der Waals surface area contributed by atoms with Crippen molar-refractivity contribution in [1.82, 2.24) is 15.2 Å². The highest BCUT2D eigenvalue weighted by molar-refractivity contribution is 6.06. The van der Waals surface area contributed by atoms with Crippen molar-refractivity contribution in [1.29, 1.82) is 0 Å². The summed E-state index contributed by atoms with van der Waals surface area (Å²) in [6, 6.07) is 8.13. The molecule has 0 aliphatic rings. The highest BCUT2D eigenvalue weighted by Gasteiger charge is 2.12. The summed E-state index contributed by atoms with van der Waals surface area (Å²) in [4.78, 5) is 17.3. The van der Waals surface area contributed by atoms with Gasteiger partial charge in [0.2, 0.25) is 0 Å². The summed E-state index contributed by atoms with van der Waals surface area (Å²) >= 11 is 0. The molecule has 1 unspecified atom stereocenters. The van der Waals surface area contributed by atoms with Gasteiger partial charge in [0.1, 0.15) is 0 Å². The fourth-order valence-electron chi connectivity index (χ4n) is 1.78. The fourth-order valence-corrected chi connectivity index (χ4v) is 1.78. The minimum atomic E-state index is -0.0267. The van der Waals surface area contributed by atoms with Gasteiger partial charge in [-0.2, -0.15) is 0 Å². The molecule has 1 atom stereocenters. The van der Waals surface area contributed by atoms with Crippen LogP contribution in [0.25, 0.3) is 10.9 Å². The molecule has 0 aliphatic heterocycles. The second-order valence-electron chi connectivity index (χ2n) is 4.77. The highest BCUT2D eigenvalue weighted by Crippen LogP contribution is 2.17. The average molecular weight is 245 g/mol. The number of H-pyrrole nitrogens is 1.